The summed E-state index contributed by atoms with van der Waals surface area (Å²) in [4.78, 5) is 20.3. The van der Waals surface area contributed by atoms with E-state index >= 15 is 0 Å². The number of nitro benzene ring substituents is 1. The number of sulfonamides is 1. The number of hydrogen-bond donors (Lipinski definition) is 2. The van der Waals surface area contributed by atoms with Gasteiger partial charge in [0, 0.05) is 6.07 Å². The Kier molecular flexibility index (Phi) is 4.22. The van der Waals surface area contributed by atoms with Gasteiger partial charge in [-0.1, -0.05) is 0 Å². The van der Waals surface area contributed by atoms with Crippen LogP contribution in [-0.2, 0) is 14.8 Å². The molecule has 0 aliphatic carbocycles. The van der Waals surface area contributed by atoms with Crippen LogP contribution in [0, 0.1) is 10.1 Å². The monoisotopic (exact) mass is 288 g/mol. The molecule has 0 aliphatic rings. The molecule has 2 N–H and O–H groups in total. The number of nitrogens with one attached hydrogen (secondary N) is 1. The van der Waals surface area contributed by atoms with E-state index in [9.17, 15) is 28.4 Å². The largest absolute Gasteiger partial charge is 0.502 e. The number of aromatic hydroxyl groups is 1. The predicted molar refractivity (Wildman–Crippen MR) is 65.2 cm³/mol. The van der Waals surface area contributed by atoms with Crippen molar-refractivity contribution in [1.82, 2.24) is 4.72 Å². The molecule has 0 aromatic heterocycles. The van der Waals surface area contributed by atoms with Gasteiger partial charge in [0.15, 0.2) is 5.75 Å². The van der Waals surface area contributed by atoms with E-state index in [4.69, 9.17) is 0 Å². The molecular weight excluding hydrogens is 276 g/mol. The molecule has 1 aromatic rings. The smallest absolute Gasteiger partial charge is 0.312 e. The molecule has 1 atom stereocenters. The fourth-order valence-electron chi connectivity index (χ4n) is 1.20. The first-order valence-electron chi connectivity index (χ1n) is 5.15. The van der Waals surface area contributed by atoms with Crippen molar-refractivity contribution in [3.05, 3.63) is 28.3 Å². The second-order valence-corrected chi connectivity index (χ2v) is 5.58. The number of nitrogens with zero attached hydrogens (tertiary/aromatic N) is 1. The zero-order chi connectivity index (χ0) is 14.8. The van der Waals surface area contributed by atoms with E-state index in [0.29, 0.717) is 0 Å². The third-order valence-corrected chi connectivity index (χ3v) is 3.93. The third kappa shape index (κ3) is 3.48. The van der Waals surface area contributed by atoms with Crippen LogP contribution in [-0.4, -0.2) is 30.3 Å². The van der Waals surface area contributed by atoms with Gasteiger partial charge in [-0.05, 0) is 26.0 Å². The summed E-state index contributed by atoms with van der Waals surface area (Å²) in [5, 5.41) is 19.8. The molecule has 0 saturated heterocycles. The summed E-state index contributed by atoms with van der Waals surface area (Å²) >= 11 is 0. The number of hydrogen-bond acceptors (Lipinski definition) is 6. The molecule has 0 spiro atoms. The van der Waals surface area contributed by atoms with E-state index in [1.54, 1.807) is 0 Å². The standard InChI is InChI=1S/C10H12N2O6S/c1-6(7(2)13)11-19(17,18)8-3-4-10(14)9(5-8)12(15)16/h3-6,11,14H,1-2H3. The van der Waals surface area contributed by atoms with Crippen molar-refractivity contribution in [1.29, 1.82) is 0 Å². The molecule has 0 radical (unpaired) electrons. The maximum Gasteiger partial charge on any atom is 0.312 e. The SMILES string of the molecule is CC(=O)C(C)NS(=O)(=O)c1ccc(O)c([N+](=O)[O-])c1. The Bertz CT molecular complexity index is 625. The molecule has 1 rings (SSSR count). The minimum Gasteiger partial charge on any atom is -0.502 e. The number of Topliss-reactive ketones (excluding diaryl/α,β-unsaturated/α-hetero) is 1. The second-order valence-electron chi connectivity index (χ2n) is 3.86. The number of phenolic OH excluding ortho intramolecular Hbond substituents is 1. The normalized spacial score (nSPS) is 12.9. The zero-order valence-corrected chi connectivity index (χ0v) is 11.0. The molecule has 0 fully saturated rings. The van der Waals surface area contributed by atoms with Crippen LogP contribution < -0.4 is 4.72 Å². The van der Waals surface area contributed by atoms with Crippen molar-refractivity contribution in [3.63, 3.8) is 0 Å². The Morgan fingerprint density at radius 2 is 2.05 bits per heavy atom. The fraction of sp³-hybridized carbons (Fsp3) is 0.300. The predicted octanol–water partition coefficient (Wildman–Crippen LogP) is 0.556. The first-order valence-corrected chi connectivity index (χ1v) is 6.63. The third-order valence-electron chi connectivity index (χ3n) is 2.40. The van der Waals surface area contributed by atoms with Gasteiger partial charge in [-0.25, -0.2) is 13.1 Å². The van der Waals surface area contributed by atoms with Crippen LogP contribution in [0.15, 0.2) is 23.1 Å². The van der Waals surface area contributed by atoms with Gasteiger partial charge in [0.25, 0.3) is 0 Å². The van der Waals surface area contributed by atoms with Crippen LogP contribution in [0.2, 0.25) is 0 Å². The van der Waals surface area contributed by atoms with E-state index in [2.05, 4.69) is 4.72 Å². The van der Waals surface area contributed by atoms with Gasteiger partial charge in [-0.15, -0.1) is 0 Å². The number of carbonyl (C=O) groups excluding carboxylic acids is 1. The molecule has 0 aliphatic heterocycles. The maximum absolute atomic E-state index is 11.9. The van der Waals surface area contributed by atoms with E-state index in [1.807, 2.05) is 0 Å². The average Bonchev–Trinajstić information content (AvgIpc) is 2.27. The molecule has 0 heterocycles. The molecule has 19 heavy (non-hydrogen) atoms. The van der Waals surface area contributed by atoms with Crippen molar-refractivity contribution < 1.29 is 23.2 Å². The molecule has 0 saturated carbocycles. The average molecular weight is 288 g/mol. The summed E-state index contributed by atoms with van der Waals surface area (Å²) in [7, 11) is -4.06. The summed E-state index contributed by atoms with van der Waals surface area (Å²) in [6, 6.07) is 1.70. The lowest BCUT2D eigenvalue weighted by Crippen LogP contribution is -2.37. The van der Waals surface area contributed by atoms with Gasteiger partial charge >= 0.3 is 5.69 Å². The highest BCUT2D eigenvalue weighted by Gasteiger charge is 2.23. The highest BCUT2D eigenvalue weighted by molar-refractivity contribution is 7.89. The van der Waals surface area contributed by atoms with Gasteiger partial charge in [0.1, 0.15) is 5.78 Å². The van der Waals surface area contributed by atoms with Crippen LogP contribution >= 0.6 is 0 Å². The highest BCUT2D eigenvalue weighted by atomic mass is 32.2. The Morgan fingerprint density at radius 3 is 2.53 bits per heavy atom. The van der Waals surface area contributed by atoms with Crippen LogP contribution in [0.4, 0.5) is 5.69 Å². The van der Waals surface area contributed by atoms with E-state index < -0.39 is 43.1 Å². The van der Waals surface area contributed by atoms with Gasteiger partial charge in [0.05, 0.1) is 15.9 Å². The molecule has 104 valence electrons. The highest BCUT2D eigenvalue weighted by Crippen LogP contribution is 2.28. The number of phenols is 1. The zero-order valence-electron chi connectivity index (χ0n) is 10.2. The lowest BCUT2D eigenvalue weighted by atomic mass is 10.3. The van der Waals surface area contributed by atoms with Gasteiger partial charge in [-0.2, -0.15) is 0 Å². The quantitative estimate of drug-likeness (QED) is 0.602. The summed E-state index contributed by atoms with van der Waals surface area (Å²) in [6.45, 7) is 2.57. The minimum absolute atomic E-state index is 0.392. The lowest BCUT2D eigenvalue weighted by Gasteiger charge is -2.11. The summed E-state index contributed by atoms with van der Waals surface area (Å²) in [6.07, 6.45) is 0. The fourth-order valence-corrected chi connectivity index (χ4v) is 2.48. The van der Waals surface area contributed by atoms with Gasteiger partial charge in [-0.3, -0.25) is 14.9 Å². The molecule has 8 nitrogen and oxygen atoms in total. The first-order chi connectivity index (χ1) is 8.65. The van der Waals surface area contributed by atoms with Gasteiger partial charge in [0.2, 0.25) is 10.0 Å². The Morgan fingerprint density at radius 1 is 1.47 bits per heavy atom. The van der Waals surface area contributed by atoms with Crippen LogP contribution in [0.3, 0.4) is 0 Å². The number of nitro groups is 1. The number of benzene rings is 1. The Balaban J connectivity index is 3.19. The van der Waals surface area contributed by atoms with Crippen molar-refractivity contribution in [3.8, 4) is 5.75 Å². The van der Waals surface area contributed by atoms with Crippen molar-refractivity contribution in [2.45, 2.75) is 24.8 Å². The summed E-state index contributed by atoms with van der Waals surface area (Å²) in [5.41, 5.74) is -0.724. The molecular formula is C10H12N2O6S. The molecule has 1 aromatic carbocycles. The number of carbonyl (C=O) groups is 1. The first kappa shape index (κ1) is 15.1. The Hall–Kier alpha value is -2.00. The second kappa shape index (κ2) is 5.33. The van der Waals surface area contributed by atoms with Crippen molar-refractivity contribution >= 4 is 21.5 Å². The topological polar surface area (TPSA) is 127 Å². The van der Waals surface area contributed by atoms with Gasteiger partial charge < -0.3 is 5.11 Å². The van der Waals surface area contributed by atoms with Crippen molar-refractivity contribution in [2.75, 3.05) is 0 Å². The van der Waals surface area contributed by atoms with Crippen LogP contribution in [0.5, 0.6) is 5.75 Å². The lowest BCUT2D eigenvalue weighted by molar-refractivity contribution is -0.386. The van der Waals surface area contributed by atoms with E-state index in [0.717, 1.165) is 18.2 Å². The Labute approximate surface area is 109 Å². The number of rotatable bonds is 5. The van der Waals surface area contributed by atoms with Crippen molar-refractivity contribution in [2.24, 2.45) is 0 Å². The minimum atomic E-state index is -4.06. The van der Waals surface area contributed by atoms with Crippen LogP contribution in [0.25, 0.3) is 0 Å². The molecule has 9 heteroatoms. The maximum atomic E-state index is 11.9. The molecule has 0 bridgehead atoms. The number of ketones is 1. The molecule has 1 unspecified atom stereocenters. The summed E-state index contributed by atoms with van der Waals surface area (Å²) < 4.78 is 25.8. The summed E-state index contributed by atoms with van der Waals surface area (Å²) in [5.74, 6) is -1.03. The van der Waals surface area contributed by atoms with E-state index in [1.165, 1.54) is 13.8 Å². The van der Waals surface area contributed by atoms with Crippen LogP contribution in [0.1, 0.15) is 13.8 Å². The molecule has 0 amide bonds. The van der Waals surface area contributed by atoms with E-state index in [-0.39, 0.29) is 0 Å².